The number of aliphatic hydroxyl groups is 2. The Kier molecular flexibility index (Phi) is 2.02. The van der Waals surface area contributed by atoms with Crippen molar-refractivity contribution in [2.24, 2.45) is 0 Å². The number of hydrogen-bond acceptors (Lipinski definition) is 4. The number of rotatable bonds is 1. The highest BCUT2D eigenvalue weighted by molar-refractivity contribution is 4.76. The van der Waals surface area contributed by atoms with E-state index in [9.17, 15) is 0 Å². The zero-order chi connectivity index (χ0) is 6.85. The van der Waals surface area contributed by atoms with Gasteiger partial charge in [-0.2, -0.15) is 0 Å². The second-order valence-corrected chi connectivity index (χ2v) is 2.00. The summed E-state index contributed by atoms with van der Waals surface area (Å²) < 4.78 is 9.47. The third-order valence-corrected chi connectivity index (χ3v) is 1.34. The predicted octanol–water partition coefficient (Wildman–Crippen LogP) is -1.29. The van der Waals surface area contributed by atoms with Crippen LogP contribution in [0.2, 0.25) is 0 Å². The topological polar surface area (TPSA) is 58.9 Å². The molecule has 54 valence electrons. The Hall–Kier alpha value is -0.160. The van der Waals surface area contributed by atoms with Crippen LogP contribution in [0.1, 0.15) is 0 Å². The van der Waals surface area contributed by atoms with Crippen LogP contribution in [0, 0.1) is 0 Å². The summed E-state index contributed by atoms with van der Waals surface area (Å²) in [6.07, 6.45) is -2.34. The molecule has 0 spiro atoms. The smallest absolute Gasteiger partial charge is 0.185 e. The first-order valence-corrected chi connectivity index (χ1v) is 2.76. The van der Waals surface area contributed by atoms with Crippen molar-refractivity contribution in [1.82, 2.24) is 0 Å². The summed E-state index contributed by atoms with van der Waals surface area (Å²) in [7, 11) is 1.42. The van der Waals surface area contributed by atoms with Crippen LogP contribution < -0.4 is 0 Å². The minimum absolute atomic E-state index is 0.152. The molecule has 0 aliphatic carbocycles. The summed E-state index contributed by atoms with van der Waals surface area (Å²) in [6.45, 7) is 0.152. The second-order valence-electron chi connectivity index (χ2n) is 2.00. The SMILES string of the molecule is CO[C@H]1OCC(O)C1O. The van der Waals surface area contributed by atoms with Crippen molar-refractivity contribution in [1.29, 1.82) is 0 Å². The van der Waals surface area contributed by atoms with Gasteiger partial charge in [0.1, 0.15) is 12.2 Å². The van der Waals surface area contributed by atoms with Gasteiger partial charge < -0.3 is 19.7 Å². The maximum Gasteiger partial charge on any atom is 0.185 e. The van der Waals surface area contributed by atoms with Gasteiger partial charge in [0.05, 0.1) is 6.61 Å². The molecule has 0 saturated carbocycles. The molecule has 0 bridgehead atoms. The zero-order valence-electron chi connectivity index (χ0n) is 5.15. The van der Waals surface area contributed by atoms with Gasteiger partial charge >= 0.3 is 0 Å². The molecule has 0 aromatic rings. The molecular weight excluding hydrogens is 124 g/mol. The Balaban J connectivity index is 2.41. The lowest BCUT2D eigenvalue weighted by Gasteiger charge is -2.11. The van der Waals surface area contributed by atoms with E-state index in [1.165, 1.54) is 7.11 Å². The van der Waals surface area contributed by atoms with Crippen molar-refractivity contribution in [2.45, 2.75) is 18.5 Å². The van der Waals surface area contributed by atoms with Gasteiger partial charge in [0.25, 0.3) is 0 Å². The summed E-state index contributed by atoms with van der Waals surface area (Å²) in [5.74, 6) is 0. The highest BCUT2D eigenvalue weighted by Crippen LogP contribution is 2.13. The summed E-state index contributed by atoms with van der Waals surface area (Å²) in [4.78, 5) is 0. The van der Waals surface area contributed by atoms with E-state index in [2.05, 4.69) is 4.74 Å². The van der Waals surface area contributed by atoms with Gasteiger partial charge in [-0.05, 0) is 0 Å². The standard InChI is InChI=1S/C5H10O4/c1-8-5-4(7)3(6)2-9-5/h3-7H,2H2,1H3/t3?,4?,5-/m0/s1. The minimum Gasteiger partial charge on any atom is -0.388 e. The predicted molar refractivity (Wildman–Crippen MR) is 28.8 cm³/mol. The van der Waals surface area contributed by atoms with Gasteiger partial charge in [-0.1, -0.05) is 0 Å². The molecule has 2 N–H and O–H groups in total. The molecule has 3 atom stereocenters. The van der Waals surface area contributed by atoms with E-state index < -0.39 is 18.5 Å². The van der Waals surface area contributed by atoms with Crippen LogP contribution in [0.4, 0.5) is 0 Å². The first kappa shape index (κ1) is 6.95. The van der Waals surface area contributed by atoms with Crippen molar-refractivity contribution in [3.63, 3.8) is 0 Å². The van der Waals surface area contributed by atoms with E-state index in [0.717, 1.165) is 0 Å². The van der Waals surface area contributed by atoms with Crippen molar-refractivity contribution >= 4 is 0 Å². The molecule has 1 aliphatic rings. The minimum atomic E-state index is -0.894. The van der Waals surface area contributed by atoms with Crippen LogP contribution in [0.25, 0.3) is 0 Å². The van der Waals surface area contributed by atoms with Crippen molar-refractivity contribution < 1.29 is 19.7 Å². The molecule has 0 aromatic heterocycles. The Morgan fingerprint density at radius 2 is 2.22 bits per heavy atom. The molecule has 1 heterocycles. The van der Waals surface area contributed by atoms with Crippen LogP contribution in [0.3, 0.4) is 0 Å². The molecule has 0 aromatic carbocycles. The first-order valence-electron chi connectivity index (χ1n) is 2.76. The number of ether oxygens (including phenoxy) is 2. The van der Waals surface area contributed by atoms with Gasteiger partial charge in [0, 0.05) is 7.11 Å². The van der Waals surface area contributed by atoms with Gasteiger partial charge in [0.15, 0.2) is 6.29 Å². The number of aliphatic hydroxyl groups excluding tert-OH is 2. The molecule has 1 rings (SSSR count). The molecule has 4 nitrogen and oxygen atoms in total. The highest BCUT2D eigenvalue weighted by atomic mass is 16.7. The summed E-state index contributed by atoms with van der Waals surface area (Å²) in [5, 5.41) is 17.8. The maximum absolute atomic E-state index is 8.96. The summed E-state index contributed by atoms with van der Waals surface area (Å²) >= 11 is 0. The normalized spacial score (nSPS) is 43.7. The van der Waals surface area contributed by atoms with E-state index in [4.69, 9.17) is 14.9 Å². The fourth-order valence-electron chi connectivity index (χ4n) is 0.779. The van der Waals surface area contributed by atoms with Crippen LogP contribution in [-0.4, -0.2) is 42.4 Å². The molecule has 1 fully saturated rings. The van der Waals surface area contributed by atoms with Gasteiger partial charge in [0.2, 0.25) is 0 Å². The Labute approximate surface area is 53.0 Å². The Morgan fingerprint density at radius 1 is 1.56 bits per heavy atom. The third kappa shape index (κ3) is 1.21. The summed E-state index contributed by atoms with van der Waals surface area (Å²) in [6, 6.07) is 0. The maximum atomic E-state index is 8.96. The van der Waals surface area contributed by atoms with Gasteiger partial charge in [-0.25, -0.2) is 0 Å². The molecule has 0 amide bonds. The lowest BCUT2D eigenvalue weighted by molar-refractivity contribution is -0.134. The third-order valence-electron chi connectivity index (χ3n) is 1.34. The van der Waals surface area contributed by atoms with E-state index in [-0.39, 0.29) is 6.61 Å². The quantitative estimate of drug-likeness (QED) is 0.468. The number of methoxy groups -OCH3 is 1. The summed E-state index contributed by atoms with van der Waals surface area (Å²) in [5.41, 5.74) is 0. The average molecular weight is 134 g/mol. The van der Waals surface area contributed by atoms with Crippen LogP contribution in [0.5, 0.6) is 0 Å². The van der Waals surface area contributed by atoms with Crippen molar-refractivity contribution in [3.8, 4) is 0 Å². The van der Waals surface area contributed by atoms with E-state index in [1.807, 2.05) is 0 Å². The monoisotopic (exact) mass is 134 g/mol. The molecule has 2 unspecified atom stereocenters. The molecule has 4 heteroatoms. The van der Waals surface area contributed by atoms with E-state index in [1.54, 1.807) is 0 Å². The second kappa shape index (κ2) is 2.62. The lowest BCUT2D eigenvalue weighted by atomic mass is 10.2. The van der Waals surface area contributed by atoms with E-state index >= 15 is 0 Å². The molecular formula is C5H10O4. The van der Waals surface area contributed by atoms with Gasteiger partial charge in [-0.3, -0.25) is 0 Å². The molecule has 1 saturated heterocycles. The van der Waals surface area contributed by atoms with Crippen LogP contribution in [0.15, 0.2) is 0 Å². The zero-order valence-corrected chi connectivity index (χ0v) is 5.15. The number of hydrogen-bond donors (Lipinski definition) is 2. The fraction of sp³-hybridized carbons (Fsp3) is 1.00. The lowest BCUT2D eigenvalue weighted by Crippen LogP contribution is -2.30. The first-order chi connectivity index (χ1) is 4.25. The van der Waals surface area contributed by atoms with Crippen molar-refractivity contribution in [3.05, 3.63) is 0 Å². The van der Waals surface area contributed by atoms with Gasteiger partial charge in [-0.15, -0.1) is 0 Å². The average Bonchev–Trinajstić information content (AvgIpc) is 2.15. The fourth-order valence-corrected chi connectivity index (χ4v) is 0.779. The molecule has 0 radical (unpaired) electrons. The molecule has 9 heavy (non-hydrogen) atoms. The largest absolute Gasteiger partial charge is 0.388 e. The van der Waals surface area contributed by atoms with Crippen LogP contribution >= 0.6 is 0 Å². The Morgan fingerprint density at radius 3 is 2.44 bits per heavy atom. The Bertz CT molecular complexity index is 95.0. The van der Waals surface area contributed by atoms with Crippen LogP contribution in [-0.2, 0) is 9.47 Å². The highest BCUT2D eigenvalue weighted by Gasteiger charge is 2.34. The van der Waals surface area contributed by atoms with Crippen molar-refractivity contribution in [2.75, 3.05) is 13.7 Å². The molecule has 1 aliphatic heterocycles. The van der Waals surface area contributed by atoms with E-state index in [0.29, 0.717) is 0 Å².